The number of halogens is 2. The molecule has 3 heterocycles. The van der Waals surface area contributed by atoms with Crippen LogP contribution in [-0.2, 0) is 11.3 Å². The van der Waals surface area contributed by atoms with Crippen molar-refractivity contribution < 1.29 is 28.2 Å². The third-order valence-electron chi connectivity index (χ3n) is 5.45. The molecular formula is C22H22F2N4O4. The fraction of sp³-hybridized carbons (Fsp3) is 0.318. The van der Waals surface area contributed by atoms with E-state index in [4.69, 9.17) is 4.74 Å². The number of hydrogen-bond acceptors (Lipinski definition) is 4. The van der Waals surface area contributed by atoms with E-state index in [0.717, 1.165) is 17.7 Å². The molecule has 1 atom stereocenters. The van der Waals surface area contributed by atoms with Crippen LogP contribution in [0, 0.1) is 18.6 Å². The number of rotatable bonds is 4. The van der Waals surface area contributed by atoms with E-state index in [2.05, 4.69) is 10.3 Å². The van der Waals surface area contributed by atoms with Crippen LogP contribution in [0.2, 0.25) is 0 Å². The minimum atomic E-state index is -1.05. The molecular weight excluding hydrogens is 422 g/mol. The van der Waals surface area contributed by atoms with Crippen LogP contribution in [0.5, 0.6) is 0 Å². The first-order valence-electron chi connectivity index (χ1n) is 10.1. The van der Waals surface area contributed by atoms with Gasteiger partial charge in [-0.15, -0.1) is 0 Å². The second-order valence-electron chi connectivity index (χ2n) is 7.68. The first kappa shape index (κ1) is 21.7. The van der Waals surface area contributed by atoms with Gasteiger partial charge in [0.05, 0.1) is 37.1 Å². The number of carbonyl (C=O) groups excluding carboxylic acids is 1. The smallest absolute Gasteiger partial charge is 0.407 e. The lowest BCUT2D eigenvalue weighted by Crippen LogP contribution is -2.46. The average molecular weight is 444 g/mol. The monoisotopic (exact) mass is 444 g/mol. The Kier molecular flexibility index (Phi) is 5.79. The highest BCUT2D eigenvalue weighted by molar-refractivity contribution is 5.95. The summed E-state index contributed by atoms with van der Waals surface area (Å²) >= 11 is 0. The lowest BCUT2D eigenvalue weighted by molar-refractivity contribution is -0.0286. The fourth-order valence-corrected chi connectivity index (χ4v) is 3.95. The fourth-order valence-electron chi connectivity index (χ4n) is 3.95. The molecule has 2 aromatic heterocycles. The maximum Gasteiger partial charge on any atom is 0.407 e. The molecule has 1 aliphatic rings. The molecule has 1 saturated heterocycles. The summed E-state index contributed by atoms with van der Waals surface area (Å²) in [5.41, 5.74) is 1.18. The van der Waals surface area contributed by atoms with Crippen LogP contribution < -0.4 is 5.32 Å². The molecule has 168 valence electrons. The molecule has 1 aliphatic heterocycles. The Morgan fingerprint density at radius 2 is 1.97 bits per heavy atom. The first-order valence-corrected chi connectivity index (χ1v) is 10.1. The minimum absolute atomic E-state index is 0.126. The van der Waals surface area contributed by atoms with Crippen LogP contribution >= 0.6 is 0 Å². The molecule has 1 aromatic carbocycles. The minimum Gasteiger partial charge on any atom is -0.465 e. The Morgan fingerprint density at radius 1 is 1.25 bits per heavy atom. The van der Waals surface area contributed by atoms with Crippen LogP contribution in [0.4, 0.5) is 13.6 Å². The van der Waals surface area contributed by atoms with Gasteiger partial charge in [-0.05, 0) is 36.8 Å². The first-order chi connectivity index (χ1) is 15.3. The van der Waals surface area contributed by atoms with Crippen LogP contribution in [0.15, 0.2) is 30.5 Å². The number of carbonyl (C=O) groups is 2. The number of carboxylic acid groups (broad SMARTS) is 1. The molecule has 10 heteroatoms. The van der Waals surface area contributed by atoms with Gasteiger partial charge in [0.15, 0.2) is 0 Å². The van der Waals surface area contributed by atoms with Gasteiger partial charge >= 0.3 is 6.09 Å². The molecule has 0 spiro atoms. The molecule has 4 rings (SSSR count). The molecule has 1 fully saturated rings. The van der Waals surface area contributed by atoms with E-state index in [1.165, 1.54) is 11.9 Å². The molecule has 3 aromatic rings. The molecule has 0 unspecified atom stereocenters. The zero-order valence-electron chi connectivity index (χ0n) is 17.6. The van der Waals surface area contributed by atoms with Gasteiger partial charge in [0, 0.05) is 30.7 Å². The van der Waals surface area contributed by atoms with Crippen molar-refractivity contribution >= 4 is 23.0 Å². The third kappa shape index (κ3) is 4.01. The number of nitrogens with zero attached hydrogens (tertiary/aromatic N) is 3. The number of nitrogens with one attached hydrogen (secondary N) is 1. The van der Waals surface area contributed by atoms with Crippen molar-refractivity contribution in [2.75, 3.05) is 26.7 Å². The molecule has 0 bridgehead atoms. The second kappa shape index (κ2) is 8.54. The number of fused-ring (bicyclic) bond motifs is 1. The summed E-state index contributed by atoms with van der Waals surface area (Å²) in [6.07, 6.45) is 0.0787. The summed E-state index contributed by atoms with van der Waals surface area (Å²) in [6.45, 7) is 2.61. The van der Waals surface area contributed by atoms with Crippen molar-refractivity contribution in [2.24, 2.45) is 0 Å². The Labute approximate surface area is 182 Å². The summed E-state index contributed by atoms with van der Waals surface area (Å²) in [5.74, 6) is -2.38. The van der Waals surface area contributed by atoms with Gasteiger partial charge in [-0.2, -0.15) is 0 Å². The van der Waals surface area contributed by atoms with E-state index in [-0.39, 0.29) is 43.1 Å². The van der Waals surface area contributed by atoms with Crippen molar-refractivity contribution in [2.45, 2.75) is 19.6 Å². The molecule has 0 aliphatic carbocycles. The largest absolute Gasteiger partial charge is 0.465 e. The average Bonchev–Trinajstić information content (AvgIpc) is 3.09. The van der Waals surface area contributed by atoms with E-state index < -0.39 is 29.7 Å². The highest BCUT2D eigenvalue weighted by Gasteiger charge is 2.27. The molecule has 2 N–H and O–H groups in total. The number of aryl methyl sites for hydroxylation is 1. The highest BCUT2D eigenvalue weighted by atomic mass is 19.1. The van der Waals surface area contributed by atoms with Crippen LogP contribution in [0.1, 0.15) is 15.9 Å². The Morgan fingerprint density at radius 3 is 2.62 bits per heavy atom. The zero-order chi connectivity index (χ0) is 23.0. The van der Waals surface area contributed by atoms with Crippen LogP contribution in [0.3, 0.4) is 0 Å². The summed E-state index contributed by atoms with van der Waals surface area (Å²) in [7, 11) is 1.38. The number of aromatic nitrogens is 2. The molecule has 0 radical (unpaired) electrons. The Balaban J connectivity index is 1.82. The predicted octanol–water partition coefficient (Wildman–Crippen LogP) is 3.03. The van der Waals surface area contributed by atoms with E-state index in [1.54, 1.807) is 16.8 Å². The summed E-state index contributed by atoms with van der Waals surface area (Å²) in [4.78, 5) is 28.9. The van der Waals surface area contributed by atoms with Crippen molar-refractivity contribution in [1.82, 2.24) is 19.8 Å². The number of hydrogen-bond donors (Lipinski definition) is 2. The van der Waals surface area contributed by atoms with Crippen LogP contribution in [0.25, 0.3) is 22.3 Å². The molecule has 32 heavy (non-hydrogen) atoms. The maximum atomic E-state index is 15.1. The van der Waals surface area contributed by atoms with Gasteiger partial charge in [-0.1, -0.05) is 0 Å². The Bertz CT molecular complexity index is 1190. The van der Waals surface area contributed by atoms with Gasteiger partial charge < -0.3 is 24.6 Å². The van der Waals surface area contributed by atoms with E-state index >= 15 is 8.78 Å². The van der Waals surface area contributed by atoms with Crippen molar-refractivity contribution in [3.63, 3.8) is 0 Å². The quantitative estimate of drug-likeness (QED) is 0.645. The van der Waals surface area contributed by atoms with Gasteiger partial charge in [0.1, 0.15) is 17.3 Å². The summed E-state index contributed by atoms with van der Waals surface area (Å²) in [5, 5.41) is 12.3. The SMILES string of the molecule is CNC(=O)c1cc(F)c(-c2cc3cc(C)cnc3n2C[C@H]2CN(C(=O)O)CCO2)c(F)c1. The summed E-state index contributed by atoms with van der Waals surface area (Å²) in [6, 6.07) is 5.46. The number of benzene rings is 1. The number of pyridine rings is 1. The molecule has 0 saturated carbocycles. The third-order valence-corrected chi connectivity index (χ3v) is 5.45. The molecule has 2 amide bonds. The lowest BCUT2D eigenvalue weighted by Gasteiger charge is -2.31. The normalized spacial score (nSPS) is 16.4. The van der Waals surface area contributed by atoms with Crippen molar-refractivity contribution in [1.29, 1.82) is 0 Å². The predicted molar refractivity (Wildman–Crippen MR) is 113 cm³/mol. The second-order valence-corrected chi connectivity index (χ2v) is 7.68. The van der Waals surface area contributed by atoms with Crippen LogP contribution in [-0.4, -0.2) is 64.4 Å². The Hall–Kier alpha value is -3.53. The van der Waals surface area contributed by atoms with Crippen molar-refractivity contribution in [3.05, 3.63) is 53.2 Å². The van der Waals surface area contributed by atoms with Gasteiger partial charge in [-0.3, -0.25) is 4.79 Å². The number of amides is 2. The zero-order valence-corrected chi connectivity index (χ0v) is 17.6. The summed E-state index contributed by atoms with van der Waals surface area (Å²) < 4.78 is 37.5. The number of morpholine rings is 1. The molecule has 8 nitrogen and oxygen atoms in total. The van der Waals surface area contributed by atoms with Gasteiger partial charge in [0.2, 0.25) is 0 Å². The van der Waals surface area contributed by atoms with Crippen molar-refractivity contribution in [3.8, 4) is 11.3 Å². The maximum absolute atomic E-state index is 15.1. The van der Waals surface area contributed by atoms with E-state index in [0.29, 0.717) is 11.0 Å². The van der Waals surface area contributed by atoms with Gasteiger partial charge in [-0.25, -0.2) is 18.6 Å². The highest BCUT2D eigenvalue weighted by Crippen LogP contribution is 2.33. The standard InChI is InChI=1S/C22H22F2N4O4/c1-12-5-13-8-18(19-16(23)6-14(7-17(19)24)21(29)25-2)28(20(13)26-9-12)11-15-10-27(22(30)31)3-4-32-15/h5-9,15H,3-4,10-11H2,1-2H3,(H,25,29)(H,30,31)/t15-/m1/s1. The topological polar surface area (TPSA) is 96.7 Å². The lowest BCUT2D eigenvalue weighted by atomic mass is 10.1. The number of ether oxygens (including phenoxy) is 1. The van der Waals surface area contributed by atoms with Gasteiger partial charge in [0.25, 0.3) is 5.91 Å². The van der Waals surface area contributed by atoms with E-state index in [9.17, 15) is 14.7 Å². The van der Waals surface area contributed by atoms with E-state index in [1.807, 2.05) is 13.0 Å².